The molecule has 6 N–H and O–H groups in total. The molecule has 1 aliphatic carbocycles. The van der Waals surface area contributed by atoms with Gasteiger partial charge in [-0.1, -0.05) is 0 Å². The van der Waals surface area contributed by atoms with Gasteiger partial charge in [-0.05, 0) is 13.3 Å². The van der Waals surface area contributed by atoms with E-state index in [2.05, 4.69) is 15.0 Å². The number of aromatic nitrogens is 4. The SMILES string of the molecule is CCOP(=O)(O)C(O)C1CC(n2cnc3c(=O)[nH]c(N)nc32)C1CO. The number of aromatic amines is 1. The van der Waals surface area contributed by atoms with Crippen molar-refractivity contribution in [3.63, 3.8) is 0 Å². The number of nitrogens with zero attached hydrogens (tertiary/aromatic N) is 3. The number of aliphatic hydroxyl groups is 2. The molecule has 138 valence electrons. The van der Waals surface area contributed by atoms with Crippen LogP contribution in [0.5, 0.6) is 0 Å². The van der Waals surface area contributed by atoms with E-state index in [4.69, 9.17) is 10.3 Å². The minimum atomic E-state index is -4.19. The number of imidazole rings is 1. The Bertz CT molecular complexity index is 881. The monoisotopic (exact) mass is 373 g/mol. The van der Waals surface area contributed by atoms with E-state index in [1.165, 1.54) is 6.33 Å². The number of fused-ring (bicyclic) bond motifs is 1. The van der Waals surface area contributed by atoms with Gasteiger partial charge in [-0.3, -0.25) is 14.3 Å². The van der Waals surface area contributed by atoms with Crippen LogP contribution in [0, 0.1) is 11.8 Å². The van der Waals surface area contributed by atoms with Crippen molar-refractivity contribution in [1.29, 1.82) is 0 Å². The largest absolute Gasteiger partial charge is 0.396 e. The van der Waals surface area contributed by atoms with Crippen molar-refractivity contribution in [2.45, 2.75) is 25.2 Å². The first kappa shape index (κ1) is 18.0. The fourth-order valence-corrected chi connectivity index (χ4v) is 4.68. The van der Waals surface area contributed by atoms with E-state index < -0.39 is 30.8 Å². The van der Waals surface area contributed by atoms with Crippen LogP contribution < -0.4 is 11.3 Å². The third kappa shape index (κ3) is 2.98. The molecule has 2 heterocycles. The third-order valence-electron chi connectivity index (χ3n) is 4.61. The number of hydrogen-bond donors (Lipinski definition) is 5. The number of anilines is 1. The van der Waals surface area contributed by atoms with Crippen LogP contribution in [0.4, 0.5) is 5.95 Å². The average molecular weight is 373 g/mol. The molecule has 5 unspecified atom stereocenters. The molecule has 11 nitrogen and oxygen atoms in total. The first-order valence-electron chi connectivity index (χ1n) is 7.78. The lowest BCUT2D eigenvalue weighted by Crippen LogP contribution is -2.46. The predicted molar refractivity (Wildman–Crippen MR) is 87.7 cm³/mol. The molecule has 2 aromatic heterocycles. The molecule has 1 fully saturated rings. The fourth-order valence-electron chi connectivity index (χ4n) is 3.33. The van der Waals surface area contributed by atoms with Crippen molar-refractivity contribution in [3.8, 4) is 0 Å². The molecular weight excluding hydrogens is 353 g/mol. The summed E-state index contributed by atoms with van der Waals surface area (Å²) in [5.41, 5.74) is 5.45. The maximum atomic E-state index is 12.0. The zero-order valence-electron chi connectivity index (χ0n) is 13.4. The van der Waals surface area contributed by atoms with Crippen LogP contribution in [-0.2, 0) is 9.09 Å². The van der Waals surface area contributed by atoms with E-state index in [-0.39, 0.29) is 36.4 Å². The molecule has 25 heavy (non-hydrogen) atoms. The molecular formula is C13H20N5O6P. The van der Waals surface area contributed by atoms with E-state index in [0.717, 1.165) is 0 Å². The van der Waals surface area contributed by atoms with E-state index in [1.54, 1.807) is 11.5 Å². The Hall–Kier alpha value is -1.78. The zero-order valence-corrected chi connectivity index (χ0v) is 14.3. The van der Waals surface area contributed by atoms with Crippen LogP contribution in [0.1, 0.15) is 19.4 Å². The van der Waals surface area contributed by atoms with Gasteiger partial charge in [0.25, 0.3) is 5.56 Å². The molecule has 0 radical (unpaired) electrons. The van der Waals surface area contributed by atoms with Gasteiger partial charge in [0, 0.05) is 24.5 Å². The van der Waals surface area contributed by atoms with Crippen LogP contribution in [0.3, 0.4) is 0 Å². The van der Waals surface area contributed by atoms with Crippen molar-refractivity contribution in [1.82, 2.24) is 19.5 Å². The molecule has 0 amide bonds. The quantitative estimate of drug-likeness (QED) is 0.414. The van der Waals surface area contributed by atoms with Crippen LogP contribution in [0.25, 0.3) is 11.2 Å². The maximum Gasteiger partial charge on any atom is 0.356 e. The van der Waals surface area contributed by atoms with Gasteiger partial charge >= 0.3 is 7.60 Å². The van der Waals surface area contributed by atoms with Gasteiger partial charge in [-0.25, -0.2) is 4.98 Å². The van der Waals surface area contributed by atoms with Gasteiger partial charge < -0.3 is 29.9 Å². The molecule has 1 aliphatic rings. The maximum absolute atomic E-state index is 12.0. The molecule has 1 saturated carbocycles. The topological polar surface area (TPSA) is 177 Å². The van der Waals surface area contributed by atoms with Crippen LogP contribution in [0.15, 0.2) is 11.1 Å². The van der Waals surface area contributed by atoms with E-state index in [0.29, 0.717) is 6.42 Å². The minimum Gasteiger partial charge on any atom is -0.396 e. The summed E-state index contributed by atoms with van der Waals surface area (Å²) in [6, 6.07) is -0.343. The van der Waals surface area contributed by atoms with Crippen molar-refractivity contribution in [3.05, 3.63) is 16.7 Å². The molecule has 0 aliphatic heterocycles. The van der Waals surface area contributed by atoms with Crippen molar-refractivity contribution in [2.75, 3.05) is 18.9 Å². The molecule has 12 heteroatoms. The Kier molecular flexibility index (Phi) is 4.69. The molecule has 0 aromatic carbocycles. The number of nitrogens with one attached hydrogen (secondary N) is 1. The standard InChI is InChI=1S/C13H20N5O6P/c1-2-24-25(22,23)12(21)6-3-8(7(6)4-19)18-5-15-9-10(18)16-13(14)17-11(9)20/h5-8,12,19,21H,2-4H2,1H3,(H,22,23)(H3,14,16,17,20). The van der Waals surface area contributed by atoms with E-state index in [9.17, 15) is 24.5 Å². The van der Waals surface area contributed by atoms with Gasteiger partial charge in [0.05, 0.1) is 12.9 Å². The lowest BCUT2D eigenvalue weighted by molar-refractivity contribution is -0.0305. The normalized spacial score (nSPS) is 27.0. The molecule has 0 saturated heterocycles. The highest BCUT2D eigenvalue weighted by atomic mass is 31.2. The van der Waals surface area contributed by atoms with Crippen molar-refractivity contribution >= 4 is 24.7 Å². The Morgan fingerprint density at radius 3 is 2.96 bits per heavy atom. The Balaban J connectivity index is 1.89. The first-order valence-corrected chi connectivity index (χ1v) is 9.43. The van der Waals surface area contributed by atoms with Gasteiger partial charge in [-0.15, -0.1) is 0 Å². The smallest absolute Gasteiger partial charge is 0.356 e. The second kappa shape index (κ2) is 6.50. The van der Waals surface area contributed by atoms with E-state index in [1.807, 2.05) is 0 Å². The Labute approximate surface area is 142 Å². The van der Waals surface area contributed by atoms with Gasteiger partial charge in [-0.2, -0.15) is 4.98 Å². The zero-order chi connectivity index (χ0) is 18.4. The summed E-state index contributed by atoms with van der Waals surface area (Å²) >= 11 is 0. The molecule has 0 bridgehead atoms. The number of hydrogen-bond acceptors (Lipinski definition) is 8. The highest BCUT2D eigenvalue weighted by molar-refractivity contribution is 7.53. The molecule has 0 spiro atoms. The van der Waals surface area contributed by atoms with Crippen LogP contribution in [-0.4, -0.2) is 53.7 Å². The number of nitrogen functional groups attached to an aromatic ring is 1. The van der Waals surface area contributed by atoms with Gasteiger partial charge in [0.2, 0.25) is 5.95 Å². The molecule has 2 aromatic rings. The average Bonchev–Trinajstić information content (AvgIpc) is 2.90. The van der Waals surface area contributed by atoms with E-state index >= 15 is 0 Å². The number of nitrogens with two attached hydrogens (primary N) is 1. The summed E-state index contributed by atoms with van der Waals surface area (Å²) in [4.78, 5) is 32.1. The number of rotatable bonds is 6. The highest BCUT2D eigenvalue weighted by Crippen LogP contribution is 2.57. The molecule has 5 atom stereocenters. The Morgan fingerprint density at radius 1 is 1.60 bits per heavy atom. The molecule has 3 rings (SSSR count). The third-order valence-corrected chi connectivity index (χ3v) is 6.29. The first-order chi connectivity index (χ1) is 11.8. The lowest BCUT2D eigenvalue weighted by atomic mass is 9.69. The second-order valence-electron chi connectivity index (χ2n) is 5.98. The summed E-state index contributed by atoms with van der Waals surface area (Å²) in [6.07, 6.45) is 1.70. The number of aliphatic hydroxyl groups excluding tert-OH is 2. The summed E-state index contributed by atoms with van der Waals surface area (Å²) in [7, 11) is -4.19. The lowest BCUT2D eigenvalue weighted by Gasteiger charge is -2.46. The van der Waals surface area contributed by atoms with Gasteiger partial charge in [0.1, 0.15) is 0 Å². The summed E-state index contributed by atoms with van der Waals surface area (Å²) in [5.74, 6) is -2.81. The fraction of sp³-hybridized carbons (Fsp3) is 0.615. The van der Waals surface area contributed by atoms with Crippen molar-refractivity contribution in [2.24, 2.45) is 11.8 Å². The predicted octanol–water partition coefficient (Wildman–Crippen LogP) is -0.588. The summed E-state index contributed by atoms with van der Waals surface area (Å²) < 4.78 is 18.4. The number of H-pyrrole nitrogens is 1. The van der Waals surface area contributed by atoms with Gasteiger partial charge in [0.15, 0.2) is 17.0 Å². The summed E-state index contributed by atoms with van der Waals surface area (Å²) in [6.45, 7) is 1.22. The highest BCUT2D eigenvalue weighted by Gasteiger charge is 2.51. The second-order valence-corrected chi connectivity index (χ2v) is 7.90. The van der Waals surface area contributed by atoms with Crippen LogP contribution in [0.2, 0.25) is 0 Å². The van der Waals surface area contributed by atoms with Crippen molar-refractivity contribution < 1.29 is 24.2 Å². The van der Waals surface area contributed by atoms with Crippen LogP contribution >= 0.6 is 7.60 Å². The summed E-state index contributed by atoms with van der Waals surface area (Å²) in [5, 5.41) is 19.9. The Morgan fingerprint density at radius 2 is 2.32 bits per heavy atom. The minimum absolute atomic E-state index is 0.0110.